The van der Waals surface area contributed by atoms with Gasteiger partial charge in [-0.05, 0) is 46.0 Å². The van der Waals surface area contributed by atoms with Gasteiger partial charge in [0.15, 0.2) is 0 Å². The van der Waals surface area contributed by atoms with E-state index in [0.717, 1.165) is 10.8 Å². The molecule has 1 aromatic rings. The number of phenols is 1. The highest BCUT2D eigenvalue weighted by Gasteiger charge is 2.41. The van der Waals surface area contributed by atoms with Crippen LogP contribution in [0, 0.1) is 11.8 Å². The Morgan fingerprint density at radius 1 is 1.34 bits per heavy atom. The number of ether oxygens (including phenoxy) is 1. The molecule has 1 fully saturated rings. The average Bonchev–Trinajstić information content (AvgIpc) is 3.31. The zero-order chi connectivity index (χ0) is 23.5. The van der Waals surface area contributed by atoms with Gasteiger partial charge < -0.3 is 20.3 Å². The van der Waals surface area contributed by atoms with E-state index in [-0.39, 0.29) is 23.7 Å². The van der Waals surface area contributed by atoms with Crippen LogP contribution in [-0.2, 0) is 9.53 Å². The van der Waals surface area contributed by atoms with Crippen LogP contribution in [0.1, 0.15) is 31.9 Å². The molecule has 2 heterocycles. The van der Waals surface area contributed by atoms with Crippen LogP contribution in [0.4, 0.5) is 4.79 Å². The van der Waals surface area contributed by atoms with E-state index in [1.807, 2.05) is 11.9 Å². The van der Waals surface area contributed by atoms with Gasteiger partial charge in [-0.2, -0.15) is 0 Å². The number of amides is 1. The van der Waals surface area contributed by atoms with E-state index < -0.39 is 23.7 Å². The zero-order valence-corrected chi connectivity index (χ0v) is 20.0. The lowest BCUT2D eigenvalue weighted by Crippen LogP contribution is -2.42. The Labute approximate surface area is 196 Å². The number of hydrogen-bond acceptors (Lipinski definition) is 8. The molecule has 172 valence electrons. The average molecular weight is 478 g/mol. The Kier molecular flexibility index (Phi) is 7.64. The number of alkyl carbamates (subject to hydrolysis) is 1. The van der Waals surface area contributed by atoms with Crippen molar-refractivity contribution in [3.63, 3.8) is 0 Å². The van der Waals surface area contributed by atoms with E-state index >= 15 is 0 Å². The van der Waals surface area contributed by atoms with E-state index in [4.69, 9.17) is 9.73 Å². The smallest absolute Gasteiger partial charge is 0.408 e. The van der Waals surface area contributed by atoms with Crippen LogP contribution in [0.15, 0.2) is 23.2 Å². The van der Waals surface area contributed by atoms with Crippen LogP contribution in [0.3, 0.4) is 0 Å². The van der Waals surface area contributed by atoms with E-state index in [1.54, 1.807) is 62.5 Å². The van der Waals surface area contributed by atoms with Crippen LogP contribution >= 0.6 is 23.5 Å². The minimum atomic E-state index is -0.817. The third-order valence-corrected chi connectivity index (χ3v) is 7.39. The summed E-state index contributed by atoms with van der Waals surface area (Å²) in [5.74, 6) is 6.40. The van der Waals surface area contributed by atoms with E-state index in [2.05, 4.69) is 17.2 Å². The molecule has 0 aromatic heterocycles. The number of rotatable bonds is 4. The predicted molar refractivity (Wildman–Crippen MR) is 127 cm³/mol. The number of aliphatic imine (C=N–C) groups is 1. The maximum atomic E-state index is 11.7. The monoisotopic (exact) mass is 477 g/mol. The summed E-state index contributed by atoms with van der Waals surface area (Å²) in [6.45, 7) is 5.51. The first-order valence-corrected chi connectivity index (χ1v) is 12.1. The molecule has 1 aromatic carbocycles. The molecule has 2 aliphatic heterocycles. The second-order valence-corrected chi connectivity index (χ2v) is 10.6. The van der Waals surface area contributed by atoms with Crippen molar-refractivity contribution < 1.29 is 24.5 Å². The summed E-state index contributed by atoms with van der Waals surface area (Å²) in [5.41, 5.74) is 0.722. The highest BCUT2D eigenvalue weighted by atomic mass is 32.2. The molecule has 1 amide bonds. The van der Waals surface area contributed by atoms with Crippen molar-refractivity contribution in [3.8, 4) is 17.6 Å². The molecule has 3 N–H and O–H groups in total. The number of benzene rings is 1. The van der Waals surface area contributed by atoms with Gasteiger partial charge in [0.25, 0.3) is 0 Å². The third kappa shape index (κ3) is 6.12. The number of aromatic hydroxyl groups is 1. The molecule has 0 bridgehead atoms. The number of phenolic OH excluding ortho intramolecular Hbond substituents is 1. The number of nitrogens with zero attached hydrogens (tertiary/aromatic N) is 2. The van der Waals surface area contributed by atoms with Crippen LogP contribution in [-0.4, -0.2) is 80.4 Å². The predicted octanol–water partition coefficient (Wildman–Crippen LogP) is 2.59. The Hall–Kier alpha value is -2.35. The van der Waals surface area contributed by atoms with Crippen molar-refractivity contribution in [3.05, 3.63) is 29.3 Å². The number of likely N-dealkylation sites (N-methyl/N-ethyl adjacent to an activating group) is 1. The van der Waals surface area contributed by atoms with Gasteiger partial charge in [-0.3, -0.25) is 14.7 Å². The standard InChI is InChI=1S/C22H27N3O5S2/c1-22(2,3)30-21(29)23-9-5-6-13-7-8-17(26)14(10-13)18-24-15(11-31-18)19-25(4)16(12-32-19)20(27)28/h7-8,10,15-16,19,26H,9,11-12H2,1-4H3,(H,23,29)(H,27,28)/t15-,16+,19+/m1/s1. The SMILES string of the molecule is CN1[C@H](C(=O)O)CS[C@H]1[C@H]1CSC(c2cc(C#CCNC(=O)OC(C)(C)C)ccc2O)=N1. The topological polar surface area (TPSA) is 111 Å². The maximum absolute atomic E-state index is 11.7. The Balaban J connectivity index is 1.66. The first kappa shape index (κ1) is 24.3. The van der Waals surface area contributed by atoms with Gasteiger partial charge in [0, 0.05) is 22.6 Å². The number of aliphatic carboxylic acids is 1. The molecular weight excluding hydrogens is 450 g/mol. The van der Waals surface area contributed by atoms with Gasteiger partial charge in [-0.25, -0.2) is 4.79 Å². The lowest BCUT2D eigenvalue weighted by atomic mass is 10.1. The molecular formula is C22H27N3O5S2. The van der Waals surface area contributed by atoms with Crippen LogP contribution in [0.2, 0.25) is 0 Å². The number of hydrogen-bond donors (Lipinski definition) is 3. The molecule has 8 nitrogen and oxygen atoms in total. The number of carboxylic acids is 1. The summed E-state index contributed by atoms with van der Waals surface area (Å²) in [5, 5.41) is 23.0. The van der Waals surface area contributed by atoms with Crippen molar-refractivity contribution in [2.24, 2.45) is 4.99 Å². The van der Waals surface area contributed by atoms with Crippen LogP contribution in [0.25, 0.3) is 0 Å². The molecule has 0 aliphatic carbocycles. The normalized spacial score (nSPS) is 23.2. The number of thioether (sulfide) groups is 2. The molecule has 0 saturated carbocycles. The fourth-order valence-corrected chi connectivity index (χ4v) is 6.03. The summed E-state index contributed by atoms with van der Waals surface area (Å²) in [7, 11) is 1.82. The molecule has 0 unspecified atom stereocenters. The summed E-state index contributed by atoms with van der Waals surface area (Å²) in [6, 6.07) is 4.50. The second kappa shape index (κ2) is 10.1. The van der Waals surface area contributed by atoms with Gasteiger partial charge in [-0.15, -0.1) is 23.5 Å². The minimum Gasteiger partial charge on any atom is -0.507 e. The zero-order valence-electron chi connectivity index (χ0n) is 18.4. The van der Waals surface area contributed by atoms with Gasteiger partial charge >= 0.3 is 12.1 Å². The quantitative estimate of drug-likeness (QED) is 0.568. The van der Waals surface area contributed by atoms with Crippen LogP contribution in [0.5, 0.6) is 5.75 Å². The number of carbonyl (C=O) groups excluding carboxylic acids is 1. The number of carbonyl (C=O) groups is 2. The van der Waals surface area contributed by atoms with Crippen molar-refractivity contribution in [2.45, 2.75) is 43.8 Å². The second-order valence-electron chi connectivity index (χ2n) is 8.45. The van der Waals surface area contributed by atoms with Crippen molar-refractivity contribution in [1.29, 1.82) is 0 Å². The minimum absolute atomic E-state index is 0.00912. The first-order chi connectivity index (χ1) is 15.0. The molecule has 2 aliphatic rings. The number of nitrogens with one attached hydrogen (secondary N) is 1. The first-order valence-electron chi connectivity index (χ1n) is 10.1. The Bertz CT molecular complexity index is 980. The molecule has 3 atom stereocenters. The Morgan fingerprint density at radius 3 is 2.75 bits per heavy atom. The molecule has 0 radical (unpaired) electrons. The summed E-state index contributed by atoms with van der Waals surface area (Å²) in [4.78, 5) is 29.7. The highest BCUT2D eigenvalue weighted by Crippen LogP contribution is 2.37. The molecule has 0 spiro atoms. The van der Waals surface area contributed by atoms with E-state index in [1.165, 1.54) is 0 Å². The van der Waals surface area contributed by atoms with Gasteiger partial charge in [0.2, 0.25) is 0 Å². The van der Waals surface area contributed by atoms with Crippen molar-refractivity contribution in [2.75, 3.05) is 25.1 Å². The Morgan fingerprint density at radius 2 is 2.09 bits per heavy atom. The maximum Gasteiger partial charge on any atom is 0.408 e. The molecule has 32 heavy (non-hydrogen) atoms. The number of carboxylic acid groups (broad SMARTS) is 1. The molecule has 3 rings (SSSR count). The lowest BCUT2D eigenvalue weighted by molar-refractivity contribution is -0.141. The van der Waals surface area contributed by atoms with Gasteiger partial charge in [0.1, 0.15) is 22.4 Å². The highest BCUT2D eigenvalue weighted by molar-refractivity contribution is 8.14. The third-order valence-electron chi connectivity index (χ3n) is 4.79. The molecule has 10 heteroatoms. The van der Waals surface area contributed by atoms with E-state index in [0.29, 0.717) is 16.9 Å². The van der Waals surface area contributed by atoms with Crippen molar-refractivity contribution in [1.82, 2.24) is 10.2 Å². The largest absolute Gasteiger partial charge is 0.507 e. The van der Waals surface area contributed by atoms with Crippen molar-refractivity contribution >= 4 is 40.6 Å². The summed E-state index contributed by atoms with van der Waals surface area (Å²) >= 11 is 3.15. The van der Waals surface area contributed by atoms with Crippen LogP contribution < -0.4 is 5.32 Å². The molecule has 1 saturated heterocycles. The van der Waals surface area contributed by atoms with E-state index in [9.17, 15) is 19.8 Å². The van der Waals surface area contributed by atoms with Gasteiger partial charge in [0.05, 0.1) is 18.0 Å². The summed E-state index contributed by atoms with van der Waals surface area (Å²) in [6.07, 6.45) is -0.527. The van der Waals surface area contributed by atoms with Gasteiger partial charge in [-0.1, -0.05) is 11.8 Å². The lowest BCUT2D eigenvalue weighted by Gasteiger charge is -2.24. The fraction of sp³-hybridized carbons (Fsp3) is 0.500. The summed E-state index contributed by atoms with van der Waals surface area (Å²) < 4.78 is 5.16. The fourth-order valence-electron chi connectivity index (χ4n) is 3.27.